The molecule has 0 heterocycles. The Morgan fingerprint density at radius 3 is 1.95 bits per heavy atom. The molecule has 1 aliphatic rings. The fourth-order valence-electron chi connectivity index (χ4n) is 3.58. The van der Waals surface area contributed by atoms with Gasteiger partial charge in [0.1, 0.15) is 0 Å². The summed E-state index contributed by atoms with van der Waals surface area (Å²) in [6.07, 6.45) is 4.89. The zero-order valence-corrected chi connectivity index (χ0v) is 11.9. The molecule has 0 spiro atoms. The SMILES string of the molecule is CCCCC1(C)c2ccccc2Cc2ccccc21. The van der Waals surface area contributed by atoms with Crippen LogP contribution >= 0.6 is 0 Å². The monoisotopic (exact) mass is 250 g/mol. The summed E-state index contributed by atoms with van der Waals surface area (Å²) in [6.45, 7) is 4.71. The summed E-state index contributed by atoms with van der Waals surface area (Å²) < 4.78 is 0. The number of fused-ring (bicyclic) bond motifs is 2. The number of hydrogen-bond donors (Lipinski definition) is 0. The summed E-state index contributed by atoms with van der Waals surface area (Å²) in [4.78, 5) is 0. The van der Waals surface area contributed by atoms with Gasteiger partial charge in [-0.05, 0) is 35.1 Å². The Bertz CT molecular complexity index is 535. The van der Waals surface area contributed by atoms with E-state index >= 15 is 0 Å². The minimum Gasteiger partial charge on any atom is -0.0654 e. The van der Waals surface area contributed by atoms with Crippen molar-refractivity contribution < 1.29 is 0 Å². The van der Waals surface area contributed by atoms with Crippen LogP contribution in [0.3, 0.4) is 0 Å². The summed E-state index contributed by atoms with van der Waals surface area (Å²) in [7, 11) is 0. The summed E-state index contributed by atoms with van der Waals surface area (Å²) in [5, 5.41) is 0. The lowest BCUT2D eigenvalue weighted by Crippen LogP contribution is -2.30. The van der Waals surface area contributed by atoms with Gasteiger partial charge < -0.3 is 0 Å². The predicted octanol–water partition coefficient (Wildman–Crippen LogP) is 5.09. The second kappa shape index (κ2) is 4.85. The maximum atomic E-state index is 2.43. The van der Waals surface area contributed by atoms with Crippen LogP contribution in [0.1, 0.15) is 55.4 Å². The molecule has 19 heavy (non-hydrogen) atoms. The Morgan fingerprint density at radius 1 is 0.895 bits per heavy atom. The average Bonchev–Trinajstić information content (AvgIpc) is 2.46. The Hall–Kier alpha value is -1.56. The van der Waals surface area contributed by atoms with Crippen molar-refractivity contribution >= 4 is 0 Å². The normalized spacial score (nSPS) is 15.7. The van der Waals surface area contributed by atoms with Gasteiger partial charge in [-0.1, -0.05) is 75.2 Å². The van der Waals surface area contributed by atoms with Crippen LogP contribution in [-0.2, 0) is 11.8 Å². The second-order valence-corrected chi connectivity index (χ2v) is 5.93. The Labute approximate surface area is 116 Å². The highest BCUT2D eigenvalue weighted by Gasteiger charge is 2.35. The highest BCUT2D eigenvalue weighted by Crippen LogP contribution is 2.44. The largest absolute Gasteiger partial charge is 0.0654 e. The van der Waals surface area contributed by atoms with Gasteiger partial charge in [-0.25, -0.2) is 0 Å². The molecule has 2 aromatic rings. The fourth-order valence-corrected chi connectivity index (χ4v) is 3.58. The average molecular weight is 250 g/mol. The van der Waals surface area contributed by atoms with E-state index in [0.717, 1.165) is 6.42 Å². The molecule has 0 nitrogen and oxygen atoms in total. The van der Waals surface area contributed by atoms with E-state index in [2.05, 4.69) is 62.4 Å². The van der Waals surface area contributed by atoms with Gasteiger partial charge in [0.15, 0.2) is 0 Å². The lowest BCUT2D eigenvalue weighted by atomic mass is 9.65. The van der Waals surface area contributed by atoms with Gasteiger partial charge in [-0.3, -0.25) is 0 Å². The number of hydrogen-bond acceptors (Lipinski definition) is 0. The second-order valence-electron chi connectivity index (χ2n) is 5.93. The summed E-state index contributed by atoms with van der Waals surface area (Å²) in [5.41, 5.74) is 6.31. The summed E-state index contributed by atoms with van der Waals surface area (Å²) >= 11 is 0. The lowest BCUT2D eigenvalue weighted by Gasteiger charge is -2.38. The number of unbranched alkanes of at least 4 members (excludes halogenated alkanes) is 1. The first-order chi connectivity index (χ1) is 9.25. The minimum atomic E-state index is 0.196. The Morgan fingerprint density at radius 2 is 1.42 bits per heavy atom. The van der Waals surface area contributed by atoms with E-state index in [1.165, 1.54) is 30.4 Å². The van der Waals surface area contributed by atoms with Crippen LogP contribution in [0.2, 0.25) is 0 Å². The molecule has 2 aromatic carbocycles. The van der Waals surface area contributed by atoms with Gasteiger partial charge >= 0.3 is 0 Å². The molecule has 1 aliphatic carbocycles. The van der Waals surface area contributed by atoms with Crippen LogP contribution in [0.4, 0.5) is 0 Å². The highest BCUT2D eigenvalue weighted by atomic mass is 14.4. The third-order valence-electron chi connectivity index (χ3n) is 4.63. The van der Waals surface area contributed by atoms with Gasteiger partial charge in [-0.15, -0.1) is 0 Å². The first-order valence-electron chi connectivity index (χ1n) is 7.42. The minimum absolute atomic E-state index is 0.196. The molecule has 3 rings (SSSR count). The zero-order chi connectivity index (χ0) is 13.3. The smallest absolute Gasteiger partial charge is 0.0180 e. The van der Waals surface area contributed by atoms with Crippen molar-refractivity contribution in [3.8, 4) is 0 Å². The molecule has 0 N–H and O–H groups in total. The number of rotatable bonds is 3. The standard InChI is InChI=1S/C19H22/c1-3-4-13-19(2)17-11-7-5-9-15(17)14-16-10-6-8-12-18(16)19/h5-12H,3-4,13-14H2,1-2H3. The molecule has 98 valence electrons. The van der Waals surface area contributed by atoms with E-state index in [1.54, 1.807) is 11.1 Å². The third kappa shape index (κ3) is 2.00. The molecule has 0 aliphatic heterocycles. The maximum absolute atomic E-state index is 2.43. The zero-order valence-electron chi connectivity index (χ0n) is 11.9. The molecular weight excluding hydrogens is 228 g/mol. The van der Waals surface area contributed by atoms with Crippen molar-refractivity contribution in [3.05, 3.63) is 70.8 Å². The Kier molecular flexibility index (Phi) is 3.18. The van der Waals surface area contributed by atoms with E-state index < -0.39 is 0 Å². The van der Waals surface area contributed by atoms with E-state index in [9.17, 15) is 0 Å². The molecule has 0 saturated carbocycles. The van der Waals surface area contributed by atoms with Crippen LogP contribution in [0.15, 0.2) is 48.5 Å². The summed E-state index contributed by atoms with van der Waals surface area (Å²) in [6, 6.07) is 18.0. The van der Waals surface area contributed by atoms with Gasteiger partial charge in [-0.2, -0.15) is 0 Å². The first-order valence-corrected chi connectivity index (χ1v) is 7.42. The lowest BCUT2D eigenvalue weighted by molar-refractivity contribution is 0.479. The van der Waals surface area contributed by atoms with E-state index in [0.29, 0.717) is 0 Å². The van der Waals surface area contributed by atoms with Crippen LogP contribution in [0.25, 0.3) is 0 Å². The third-order valence-corrected chi connectivity index (χ3v) is 4.63. The molecular formula is C19H22. The molecule has 0 aromatic heterocycles. The van der Waals surface area contributed by atoms with Gasteiger partial charge in [0.25, 0.3) is 0 Å². The first kappa shape index (κ1) is 12.5. The van der Waals surface area contributed by atoms with Crippen LogP contribution in [0.5, 0.6) is 0 Å². The van der Waals surface area contributed by atoms with Crippen LogP contribution in [-0.4, -0.2) is 0 Å². The molecule has 0 fully saturated rings. The molecule has 0 amide bonds. The topological polar surface area (TPSA) is 0 Å². The quantitative estimate of drug-likeness (QED) is 0.712. The van der Waals surface area contributed by atoms with Crippen molar-refractivity contribution in [2.24, 2.45) is 0 Å². The summed E-state index contributed by atoms with van der Waals surface area (Å²) in [5.74, 6) is 0. The number of benzene rings is 2. The van der Waals surface area contributed by atoms with Crippen molar-refractivity contribution in [1.29, 1.82) is 0 Å². The molecule has 0 unspecified atom stereocenters. The molecule has 0 heteroatoms. The van der Waals surface area contributed by atoms with Crippen molar-refractivity contribution in [2.45, 2.75) is 44.9 Å². The van der Waals surface area contributed by atoms with E-state index in [-0.39, 0.29) is 5.41 Å². The van der Waals surface area contributed by atoms with E-state index in [4.69, 9.17) is 0 Å². The molecule has 0 radical (unpaired) electrons. The van der Waals surface area contributed by atoms with Gasteiger partial charge in [0.05, 0.1) is 0 Å². The molecule has 0 bridgehead atoms. The van der Waals surface area contributed by atoms with Gasteiger partial charge in [0.2, 0.25) is 0 Å². The van der Waals surface area contributed by atoms with Crippen molar-refractivity contribution in [3.63, 3.8) is 0 Å². The van der Waals surface area contributed by atoms with Gasteiger partial charge in [0, 0.05) is 5.41 Å². The Balaban J connectivity index is 2.16. The van der Waals surface area contributed by atoms with Crippen molar-refractivity contribution in [2.75, 3.05) is 0 Å². The van der Waals surface area contributed by atoms with Crippen LogP contribution in [0, 0.1) is 0 Å². The maximum Gasteiger partial charge on any atom is 0.0180 e. The van der Waals surface area contributed by atoms with Crippen molar-refractivity contribution in [1.82, 2.24) is 0 Å². The van der Waals surface area contributed by atoms with E-state index in [1.807, 2.05) is 0 Å². The highest BCUT2D eigenvalue weighted by molar-refractivity contribution is 5.52. The van der Waals surface area contributed by atoms with Crippen LogP contribution < -0.4 is 0 Å². The molecule has 0 saturated heterocycles. The predicted molar refractivity (Wildman–Crippen MR) is 81.7 cm³/mol. The fraction of sp³-hybridized carbons (Fsp3) is 0.368. The molecule has 0 atom stereocenters.